The van der Waals surface area contributed by atoms with E-state index in [2.05, 4.69) is 22.4 Å². The smallest absolute Gasteiger partial charge is 0.226 e. The Kier molecular flexibility index (Phi) is 3.82. The van der Waals surface area contributed by atoms with E-state index in [9.17, 15) is 4.79 Å². The van der Waals surface area contributed by atoms with Crippen molar-refractivity contribution in [1.29, 1.82) is 0 Å². The zero-order chi connectivity index (χ0) is 13.2. The minimum absolute atomic E-state index is 0.122. The maximum absolute atomic E-state index is 12.0. The number of hydrogen-bond donors (Lipinski definition) is 1. The van der Waals surface area contributed by atoms with Crippen LogP contribution in [0.1, 0.15) is 50.5 Å². The standard InChI is InChI=1S/C14H21N3OS/c1-2-3-13-16-17-14(19-13)15-12(18)8-11-7-9-4-5-10(11)6-9/h9-11H,2-8H2,1H3,(H,15,17,18)/t9-,10+,11-/m0/s1. The number of nitrogens with one attached hydrogen (secondary N) is 1. The molecule has 2 saturated carbocycles. The Morgan fingerprint density at radius 1 is 1.37 bits per heavy atom. The molecule has 0 aliphatic heterocycles. The maximum atomic E-state index is 12.0. The highest BCUT2D eigenvalue weighted by molar-refractivity contribution is 7.15. The SMILES string of the molecule is CCCc1nnc(NC(=O)C[C@@H]2C[C@H]3CC[C@@H]2C3)s1. The molecular formula is C14H21N3OS. The van der Waals surface area contributed by atoms with E-state index in [0.717, 1.165) is 29.7 Å². The summed E-state index contributed by atoms with van der Waals surface area (Å²) in [5.74, 6) is 2.44. The molecule has 0 radical (unpaired) electrons. The van der Waals surface area contributed by atoms with Gasteiger partial charge in [-0.1, -0.05) is 24.7 Å². The molecule has 2 fully saturated rings. The van der Waals surface area contributed by atoms with Gasteiger partial charge in [0.25, 0.3) is 0 Å². The van der Waals surface area contributed by atoms with Crippen LogP contribution in [0.4, 0.5) is 5.13 Å². The van der Waals surface area contributed by atoms with Gasteiger partial charge in [0.2, 0.25) is 11.0 Å². The van der Waals surface area contributed by atoms with E-state index in [4.69, 9.17) is 0 Å². The van der Waals surface area contributed by atoms with E-state index in [-0.39, 0.29) is 5.91 Å². The number of fused-ring (bicyclic) bond motifs is 2. The number of rotatable bonds is 5. The first kappa shape index (κ1) is 13.0. The van der Waals surface area contributed by atoms with Gasteiger partial charge in [-0.15, -0.1) is 10.2 Å². The molecule has 5 heteroatoms. The zero-order valence-electron chi connectivity index (χ0n) is 11.4. The van der Waals surface area contributed by atoms with Gasteiger partial charge in [-0.05, 0) is 43.4 Å². The topological polar surface area (TPSA) is 54.9 Å². The van der Waals surface area contributed by atoms with Crippen LogP contribution in [0.15, 0.2) is 0 Å². The molecule has 3 atom stereocenters. The first-order valence-corrected chi connectivity index (χ1v) is 8.18. The lowest BCUT2D eigenvalue weighted by molar-refractivity contribution is -0.117. The first-order valence-electron chi connectivity index (χ1n) is 7.36. The molecule has 0 saturated heterocycles. The van der Waals surface area contributed by atoms with Gasteiger partial charge in [0.15, 0.2) is 0 Å². The quantitative estimate of drug-likeness (QED) is 0.900. The predicted molar refractivity (Wildman–Crippen MR) is 76.1 cm³/mol. The Labute approximate surface area is 118 Å². The van der Waals surface area contributed by atoms with Crippen molar-refractivity contribution >= 4 is 22.4 Å². The minimum Gasteiger partial charge on any atom is -0.301 e. The third-order valence-electron chi connectivity index (χ3n) is 4.51. The van der Waals surface area contributed by atoms with Crippen molar-refractivity contribution in [2.75, 3.05) is 5.32 Å². The summed E-state index contributed by atoms with van der Waals surface area (Å²) >= 11 is 1.50. The number of aromatic nitrogens is 2. The number of amides is 1. The first-order chi connectivity index (χ1) is 9.24. The molecule has 104 valence electrons. The molecule has 0 spiro atoms. The van der Waals surface area contributed by atoms with Crippen LogP contribution in [0.3, 0.4) is 0 Å². The lowest BCUT2D eigenvalue weighted by Gasteiger charge is -2.20. The number of nitrogens with zero attached hydrogens (tertiary/aromatic N) is 2. The number of anilines is 1. The maximum Gasteiger partial charge on any atom is 0.226 e. The average molecular weight is 279 g/mol. The Morgan fingerprint density at radius 3 is 2.95 bits per heavy atom. The van der Waals surface area contributed by atoms with E-state index in [1.165, 1.54) is 37.0 Å². The summed E-state index contributed by atoms with van der Waals surface area (Å²) < 4.78 is 0. The van der Waals surface area contributed by atoms with Gasteiger partial charge in [-0.2, -0.15) is 0 Å². The van der Waals surface area contributed by atoms with Crippen molar-refractivity contribution in [2.45, 2.75) is 51.9 Å². The van der Waals surface area contributed by atoms with Crippen molar-refractivity contribution in [3.8, 4) is 0 Å². The average Bonchev–Trinajstić information content (AvgIpc) is 3.06. The van der Waals surface area contributed by atoms with Crippen molar-refractivity contribution in [3.05, 3.63) is 5.01 Å². The van der Waals surface area contributed by atoms with Gasteiger partial charge in [-0.25, -0.2) is 0 Å². The molecule has 2 aliphatic carbocycles. The van der Waals surface area contributed by atoms with E-state index in [1.807, 2.05) is 0 Å². The van der Waals surface area contributed by atoms with Crippen LogP contribution < -0.4 is 5.32 Å². The fraction of sp³-hybridized carbons (Fsp3) is 0.786. The number of carbonyl (C=O) groups excluding carboxylic acids is 1. The van der Waals surface area contributed by atoms with Gasteiger partial charge >= 0.3 is 0 Å². The van der Waals surface area contributed by atoms with Crippen molar-refractivity contribution < 1.29 is 4.79 Å². The lowest BCUT2D eigenvalue weighted by atomic mass is 9.86. The van der Waals surface area contributed by atoms with Crippen molar-refractivity contribution in [1.82, 2.24) is 10.2 Å². The summed E-state index contributed by atoms with van der Waals surface area (Å²) in [6.07, 6.45) is 8.02. The third-order valence-corrected chi connectivity index (χ3v) is 5.41. The second-order valence-electron chi connectivity index (χ2n) is 5.94. The highest BCUT2D eigenvalue weighted by atomic mass is 32.1. The molecule has 0 aromatic carbocycles. The lowest BCUT2D eigenvalue weighted by Crippen LogP contribution is -2.20. The van der Waals surface area contributed by atoms with Gasteiger partial charge in [0.05, 0.1) is 0 Å². The van der Waals surface area contributed by atoms with Crippen LogP contribution in [0.5, 0.6) is 0 Å². The van der Waals surface area contributed by atoms with Crippen molar-refractivity contribution in [3.63, 3.8) is 0 Å². The molecule has 2 bridgehead atoms. The third kappa shape index (κ3) is 2.96. The monoisotopic (exact) mass is 279 g/mol. The molecule has 1 N–H and O–H groups in total. The molecule has 1 aromatic heterocycles. The molecule has 1 heterocycles. The minimum atomic E-state index is 0.122. The fourth-order valence-corrected chi connectivity index (χ4v) is 4.51. The summed E-state index contributed by atoms with van der Waals surface area (Å²) in [6.45, 7) is 2.12. The molecule has 0 unspecified atom stereocenters. The Morgan fingerprint density at radius 2 is 2.26 bits per heavy atom. The molecule has 4 nitrogen and oxygen atoms in total. The van der Waals surface area contributed by atoms with Crippen LogP contribution in [-0.4, -0.2) is 16.1 Å². The fourth-order valence-electron chi connectivity index (χ4n) is 3.65. The Balaban J connectivity index is 1.50. The Bertz CT molecular complexity index is 459. The van der Waals surface area contributed by atoms with Gasteiger partial charge in [-0.3, -0.25) is 4.79 Å². The van der Waals surface area contributed by atoms with Crippen LogP contribution >= 0.6 is 11.3 Å². The second-order valence-corrected chi connectivity index (χ2v) is 7.00. The number of aryl methyl sites for hydroxylation is 1. The summed E-state index contributed by atoms with van der Waals surface area (Å²) in [5.41, 5.74) is 0. The van der Waals surface area contributed by atoms with Gasteiger partial charge in [0.1, 0.15) is 5.01 Å². The van der Waals surface area contributed by atoms with Crippen LogP contribution in [0.25, 0.3) is 0 Å². The molecule has 3 rings (SSSR count). The van der Waals surface area contributed by atoms with Crippen molar-refractivity contribution in [2.24, 2.45) is 17.8 Å². The normalized spacial score (nSPS) is 28.8. The van der Waals surface area contributed by atoms with Crippen LogP contribution in [0, 0.1) is 17.8 Å². The van der Waals surface area contributed by atoms with Crippen LogP contribution in [-0.2, 0) is 11.2 Å². The van der Waals surface area contributed by atoms with E-state index < -0.39 is 0 Å². The van der Waals surface area contributed by atoms with Crippen LogP contribution in [0.2, 0.25) is 0 Å². The highest BCUT2D eigenvalue weighted by Gasteiger charge is 2.40. The largest absolute Gasteiger partial charge is 0.301 e. The highest BCUT2D eigenvalue weighted by Crippen LogP contribution is 2.49. The molecule has 1 aromatic rings. The summed E-state index contributed by atoms with van der Waals surface area (Å²) in [7, 11) is 0. The van der Waals surface area contributed by atoms with E-state index in [1.54, 1.807) is 0 Å². The molecule has 19 heavy (non-hydrogen) atoms. The number of carbonyl (C=O) groups is 1. The molecular weight excluding hydrogens is 258 g/mol. The van der Waals surface area contributed by atoms with E-state index in [0.29, 0.717) is 17.5 Å². The Hall–Kier alpha value is -0.970. The molecule has 1 amide bonds. The summed E-state index contributed by atoms with van der Waals surface area (Å²) in [4.78, 5) is 12.0. The van der Waals surface area contributed by atoms with E-state index >= 15 is 0 Å². The summed E-state index contributed by atoms with van der Waals surface area (Å²) in [6, 6.07) is 0. The van der Waals surface area contributed by atoms with Gasteiger partial charge < -0.3 is 5.32 Å². The second kappa shape index (κ2) is 5.57. The predicted octanol–water partition coefficient (Wildman–Crippen LogP) is 3.26. The number of hydrogen-bond acceptors (Lipinski definition) is 4. The summed E-state index contributed by atoms with van der Waals surface area (Å²) in [5, 5.41) is 12.7. The zero-order valence-corrected chi connectivity index (χ0v) is 12.2. The molecule has 2 aliphatic rings. The van der Waals surface area contributed by atoms with Gasteiger partial charge in [0, 0.05) is 12.8 Å².